The number of hydrogen-bond acceptors (Lipinski definition) is 3. The van der Waals surface area contributed by atoms with E-state index in [0.717, 1.165) is 48.8 Å². The average molecular weight is 388 g/mol. The van der Waals surface area contributed by atoms with Crippen LogP contribution in [0.4, 0.5) is 5.69 Å². The Morgan fingerprint density at radius 1 is 0.931 bits per heavy atom. The van der Waals surface area contributed by atoms with Gasteiger partial charge in [-0.05, 0) is 49.2 Å². The second-order valence-corrected chi connectivity index (χ2v) is 7.86. The van der Waals surface area contributed by atoms with Crippen LogP contribution in [0.15, 0.2) is 54.6 Å². The third-order valence-corrected chi connectivity index (χ3v) is 5.81. The minimum atomic E-state index is -0.164. The highest BCUT2D eigenvalue weighted by Crippen LogP contribution is 2.28. The van der Waals surface area contributed by atoms with Crippen molar-refractivity contribution in [1.82, 2.24) is 14.8 Å². The van der Waals surface area contributed by atoms with E-state index in [1.165, 1.54) is 12.8 Å². The van der Waals surface area contributed by atoms with Crippen LogP contribution in [0.1, 0.15) is 33.7 Å². The first-order chi connectivity index (χ1) is 14.2. The van der Waals surface area contributed by atoms with Crippen LogP contribution in [-0.2, 0) is 0 Å². The zero-order valence-corrected chi connectivity index (χ0v) is 16.2. The maximum Gasteiger partial charge on any atom is 0.270 e. The monoisotopic (exact) mass is 388 g/mol. The molecule has 29 heavy (non-hydrogen) atoms. The summed E-state index contributed by atoms with van der Waals surface area (Å²) in [7, 11) is 0. The molecule has 2 heterocycles. The van der Waals surface area contributed by atoms with Crippen LogP contribution in [0.5, 0.6) is 0 Å². The van der Waals surface area contributed by atoms with Gasteiger partial charge in [0.2, 0.25) is 0 Å². The Balaban J connectivity index is 1.30. The van der Waals surface area contributed by atoms with Crippen LogP contribution in [0.3, 0.4) is 0 Å². The molecule has 1 aliphatic carbocycles. The molecule has 1 saturated heterocycles. The number of aromatic amines is 1. The van der Waals surface area contributed by atoms with Crippen LogP contribution in [-0.4, -0.2) is 58.8 Å². The molecule has 0 bridgehead atoms. The molecular weight excluding hydrogens is 364 g/mol. The highest BCUT2D eigenvalue weighted by Gasteiger charge is 2.32. The normalized spacial score (nSPS) is 17.4. The second-order valence-electron chi connectivity index (χ2n) is 7.86. The van der Waals surface area contributed by atoms with Crippen LogP contribution in [0.25, 0.3) is 10.9 Å². The van der Waals surface area contributed by atoms with Crippen molar-refractivity contribution in [3.05, 3.63) is 65.9 Å². The Morgan fingerprint density at radius 3 is 2.41 bits per heavy atom. The number of anilines is 1. The summed E-state index contributed by atoms with van der Waals surface area (Å²) in [6.45, 7) is 3.46. The fraction of sp³-hybridized carbons (Fsp3) is 0.304. The van der Waals surface area contributed by atoms with E-state index < -0.39 is 0 Å². The Kier molecular flexibility index (Phi) is 4.56. The molecule has 0 radical (unpaired) electrons. The Bertz CT molecular complexity index is 1050. The van der Waals surface area contributed by atoms with Crippen molar-refractivity contribution >= 4 is 28.4 Å². The molecule has 6 nitrogen and oxygen atoms in total. The van der Waals surface area contributed by atoms with E-state index >= 15 is 0 Å². The highest BCUT2D eigenvalue weighted by atomic mass is 16.2. The first-order valence-electron chi connectivity index (χ1n) is 10.2. The van der Waals surface area contributed by atoms with Crippen molar-refractivity contribution in [2.75, 3.05) is 31.5 Å². The lowest BCUT2D eigenvalue weighted by molar-refractivity contribution is 0.0622. The van der Waals surface area contributed by atoms with Gasteiger partial charge < -0.3 is 15.2 Å². The lowest BCUT2D eigenvalue weighted by Gasteiger charge is -2.34. The van der Waals surface area contributed by atoms with Gasteiger partial charge in [0.05, 0.1) is 0 Å². The zero-order chi connectivity index (χ0) is 19.8. The van der Waals surface area contributed by atoms with Crippen molar-refractivity contribution in [2.45, 2.75) is 18.9 Å². The molecule has 2 N–H and O–H groups in total. The quantitative estimate of drug-likeness (QED) is 0.720. The van der Waals surface area contributed by atoms with Gasteiger partial charge >= 0.3 is 0 Å². The zero-order valence-electron chi connectivity index (χ0n) is 16.2. The third kappa shape index (κ3) is 3.76. The minimum absolute atomic E-state index is 0.0342. The molecule has 6 heteroatoms. The molecule has 148 valence electrons. The number of para-hydroxylation sites is 1. The van der Waals surface area contributed by atoms with Gasteiger partial charge in [0, 0.05) is 54.4 Å². The Morgan fingerprint density at radius 2 is 1.69 bits per heavy atom. The molecule has 0 unspecified atom stereocenters. The van der Waals surface area contributed by atoms with Crippen LogP contribution < -0.4 is 5.32 Å². The van der Waals surface area contributed by atoms with E-state index in [1.807, 2.05) is 53.4 Å². The molecule has 2 aromatic carbocycles. The van der Waals surface area contributed by atoms with E-state index in [9.17, 15) is 9.59 Å². The maximum atomic E-state index is 12.9. The molecule has 2 aliphatic rings. The summed E-state index contributed by atoms with van der Waals surface area (Å²) in [5, 5.41) is 3.76. The summed E-state index contributed by atoms with van der Waals surface area (Å²) in [5.41, 5.74) is 2.77. The van der Waals surface area contributed by atoms with Crippen LogP contribution in [0.2, 0.25) is 0 Å². The highest BCUT2D eigenvalue weighted by molar-refractivity contribution is 6.07. The minimum Gasteiger partial charge on any atom is -0.351 e. The number of amides is 2. The molecule has 5 rings (SSSR count). The molecule has 1 aromatic heterocycles. The second kappa shape index (κ2) is 7.37. The third-order valence-electron chi connectivity index (χ3n) is 5.81. The number of fused-ring (bicyclic) bond motifs is 1. The van der Waals surface area contributed by atoms with Crippen molar-refractivity contribution in [1.29, 1.82) is 0 Å². The first-order valence-corrected chi connectivity index (χ1v) is 10.2. The SMILES string of the molecule is O=C(Nc1ccccc1)c1ccc2[nH]c(C(=O)N3CCN(C4CC4)CC3)cc2c1. The lowest BCUT2D eigenvalue weighted by Crippen LogP contribution is -2.49. The number of aromatic nitrogens is 1. The topological polar surface area (TPSA) is 68.4 Å². The van der Waals surface area contributed by atoms with Gasteiger partial charge in [-0.3, -0.25) is 14.5 Å². The number of carbonyl (C=O) groups is 2. The molecular formula is C23H24N4O2. The van der Waals surface area contributed by atoms with E-state index in [0.29, 0.717) is 11.3 Å². The van der Waals surface area contributed by atoms with Gasteiger partial charge in [-0.25, -0.2) is 0 Å². The van der Waals surface area contributed by atoms with Gasteiger partial charge in [-0.2, -0.15) is 0 Å². The van der Waals surface area contributed by atoms with Gasteiger partial charge in [0.15, 0.2) is 0 Å². The largest absolute Gasteiger partial charge is 0.351 e. The molecule has 1 aliphatic heterocycles. The smallest absolute Gasteiger partial charge is 0.270 e. The summed E-state index contributed by atoms with van der Waals surface area (Å²) in [4.78, 5) is 33.1. The number of piperazine rings is 1. The van der Waals surface area contributed by atoms with Gasteiger partial charge in [-0.15, -0.1) is 0 Å². The summed E-state index contributed by atoms with van der Waals surface area (Å²) in [6, 6.07) is 17.4. The van der Waals surface area contributed by atoms with E-state index in [1.54, 1.807) is 6.07 Å². The number of nitrogens with zero attached hydrogens (tertiary/aromatic N) is 2. The van der Waals surface area contributed by atoms with Gasteiger partial charge in [0.25, 0.3) is 11.8 Å². The summed E-state index contributed by atoms with van der Waals surface area (Å²) >= 11 is 0. The van der Waals surface area contributed by atoms with Crippen molar-refractivity contribution in [3.63, 3.8) is 0 Å². The summed E-state index contributed by atoms with van der Waals surface area (Å²) in [5.74, 6) is -0.129. The fourth-order valence-corrected chi connectivity index (χ4v) is 4.01. The molecule has 3 aromatic rings. The lowest BCUT2D eigenvalue weighted by atomic mass is 10.1. The number of hydrogen-bond donors (Lipinski definition) is 2. The van der Waals surface area contributed by atoms with E-state index in [-0.39, 0.29) is 11.8 Å². The van der Waals surface area contributed by atoms with Crippen LogP contribution in [0, 0.1) is 0 Å². The van der Waals surface area contributed by atoms with Gasteiger partial charge in [0.1, 0.15) is 5.69 Å². The van der Waals surface area contributed by atoms with E-state index in [4.69, 9.17) is 0 Å². The van der Waals surface area contributed by atoms with Gasteiger partial charge in [-0.1, -0.05) is 18.2 Å². The molecule has 0 atom stereocenters. The molecule has 0 spiro atoms. The number of carbonyl (C=O) groups excluding carboxylic acids is 2. The first kappa shape index (κ1) is 17.9. The predicted octanol–water partition coefficient (Wildman–Crippen LogP) is 3.34. The van der Waals surface area contributed by atoms with E-state index in [2.05, 4.69) is 15.2 Å². The Hall–Kier alpha value is -3.12. The maximum absolute atomic E-state index is 12.9. The summed E-state index contributed by atoms with van der Waals surface area (Å²) in [6.07, 6.45) is 2.60. The number of benzene rings is 2. The standard InChI is InChI=1S/C23H24N4O2/c28-22(24-18-4-2-1-3-5-18)16-6-9-20-17(14-16)15-21(25-20)23(29)27-12-10-26(11-13-27)19-7-8-19/h1-6,9,14-15,19,25H,7-8,10-13H2,(H,24,28). The molecule has 1 saturated carbocycles. The molecule has 2 amide bonds. The fourth-order valence-electron chi connectivity index (χ4n) is 4.01. The number of rotatable bonds is 4. The van der Waals surface area contributed by atoms with Crippen molar-refractivity contribution in [3.8, 4) is 0 Å². The summed E-state index contributed by atoms with van der Waals surface area (Å²) < 4.78 is 0. The van der Waals surface area contributed by atoms with Crippen molar-refractivity contribution in [2.24, 2.45) is 0 Å². The predicted molar refractivity (Wildman–Crippen MR) is 113 cm³/mol. The number of nitrogens with one attached hydrogen (secondary N) is 2. The Labute approximate surface area is 169 Å². The number of H-pyrrole nitrogens is 1. The van der Waals surface area contributed by atoms with Crippen LogP contribution >= 0.6 is 0 Å². The average Bonchev–Trinajstić information content (AvgIpc) is 3.52. The molecule has 2 fully saturated rings. The van der Waals surface area contributed by atoms with Crippen molar-refractivity contribution < 1.29 is 9.59 Å².